The average Bonchev–Trinajstić information content (AvgIpc) is 2.79. The highest BCUT2D eigenvalue weighted by molar-refractivity contribution is 14.1. The number of halogens is 2. The Hall–Kier alpha value is -3.09. The van der Waals surface area contributed by atoms with E-state index in [0.717, 1.165) is 20.3 Å². The molecule has 0 saturated heterocycles. The van der Waals surface area contributed by atoms with Crippen LogP contribution < -0.4 is 14.9 Å². The van der Waals surface area contributed by atoms with Crippen molar-refractivity contribution in [2.45, 2.75) is 20.5 Å². The molecule has 0 fully saturated rings. The van der Waals surface area contributed by atoms with Crippen LogP contribution in [0, 0.1) is 21.8 Å². The summed E-state index contributed by atoms with van der Waals surface area (Å²) in [6.07, 6.45) is 1.53. The molecule has 1 amide bonds. The van der Waals surface area contributed by atoms with E-state index in [2.05, 4.69) is 39.2 Å². The molecule has 168 valence electrons. The first-order chi connectivity index (χ1) is 15.9. The quantitative estimate of drug-likeness (QED) is 0.208. The number of nitrogens with one attached hydrogen (secondary N) is 1. The number of carbonyl (C=O) groups excluding carboxylic acids is 1. The van der Waals surface area contributed by atoms with Gasteiger partial charge in [-0.15, -0.1) is 0 Å². The van der Waals surface area contributed by atoms with Gasteiger partial charge in [0.15, 0.2) is 11.5 Å². The van der Waals surface area contributed by atoms with Crippen molar-refractivity contribution in [1.82, 2.24) is 5.43 Å². The molecule has 0 heterocycles. The van der Waals surface area contributed by atoms with Crippen molar-refractivity contribution in [2.24, 2.45) is 5.10 Å². The largest absolute Gasteiger partial charge is 0.490 e. The summed E-state index contributed by atoms with van der Waals surface area (Å²) in [5.74, 6) is 0.734. The zero-order valence-corrected chi connectivity index (χ0v) is 21.0. The normalized spacial score (nSPS) is 10.6. The molecular weight excluding hydrogens is 553 g/mol. The summed E-state index contributed by atoms with van der Waals surface area (Å²) >= 11 is 8.30. The monoisotopic (exact) mass is 573 g/mol. The third kappa shape index (κ3) is 6.46. The predicted octanol–water partition coefficient (Wildman–Crippen LogP) is 5.87. The van der Waals surface area contributed by atoms with Crippen molar-refractivity contribution in [1.29, 1.82) is 5.26 Å². The van der Waals surface area contributed by atoms with Crippen LogP contribution in [0.1, 0.15) is 39.5 Å². The Balaban J connectivity index is 1.76. The molecule has 0 aliphatic rings. The minimum Gasteiger partial charge on any atom is -0.490 e. The van der Waals surface area contributed by atoms with E-state index in [1.54, 1.807) is 24.3 Å². The molecule has 0 saturated carbocycles. The fourth-order valence-corrected chi connectivity index (χ4v) is 4.10. The molecule has 0 atom stereocenters. The molecule has 0 aliphatic heterocycles. The number of rotatable bonds is 8. The van der Waals surface area contributed by atoms with Gasteiger partial charge in [-0.05, 0) is 77.9 Å². The summed E-state index contributed by atoms with van der Waals surface area (Å²) in [7, 11) is 0. The number of hydrogen-bond acceptors (Lipinski definition) is 5. The number of ether oxygens (including phenoxy) is 2. The molecule has 0 radical (unpaired) electrons. The van der Waals surface area contributed by atoms with E-state index >= 15 is 0 Å². The van der Waals surface area contributed by atoms with Gasteiger partial charge in [0.05, 0.1) is 38.6 Å². The van der Waals surface area contributed by atoms with Gasteiger partial charge in [0.2, 0.25) is 0 Å². The molecule has 1 N–H and O–H groups in total. The van der Waals surface area contributed by atoms with E-state index in [1.165, 1.54) is 6.21 Å². The standard InChI is InChI=1S/C25H21ClIN3O3/c1-3-32-23-12-17(14-29-30-25(31)20-9-8-16(2)10-21(20)26)11-22(27)24(23)33-15-19-7-5-4-6-18(19)13-28/h4-12,14H,3,15H2,1-2H3,(H,30,31)/b29-14-. The third-order valence-electron chi connectivity index (χ3n) is 4.59. The maximum Gasteiger partial charge on any atom is 0.272 e. The number of nitriles is 1. The van der Waals surface area contributed by atoms with E-state index < -0.39 is 5.91 Å². The summed E-state index contributed by atoms with van der Waals surface area (Å²) in [5, 5.41) is 13.7. The maximum absolute atomic E-state index is 12.4. The Morgan fingerprint density at radius 2 is 2.00 bits per heavy atom. The van der Waals surface area contributed by atoms with Gasteiger partial charge in [-0.1, -0.05) is 35.9 Å². The van der Waals surface area contributed by atoms with Gasteiger partial charge in [0.25, 0.3) is 5.91 Å². The highest BCUT2D eigenvalue weighted by atomic mass is 127. The molecule has 0 aromatic heterocycles. The summed E-state index contributed by atoms with van der Waals surface area (Å²) in [4.78, 5) is 12.4. The number of hydrazone groups is 1. The summed E-state index contributed by atoms with van der Waals surface area (Å²) < 4.78 is 12.6. The molecular formula is C25H21ClIN3O3. The van der Waals surface area contributed by atoms with Gasteiger partial charge in [-0.2, -0.15) is 10.4 Å². The maximum atomic E-state index is 12.4. The second kappa shape index (κ2) is 11.7. The number of benzene rings is 3. The van der Waals surface area contributed by atoms with Crippen LogP contribution in [0.3, 0.4) is 0 Å². The van der Waals surface area contributed by atoms with E-state index in [0.29, 0.717) is 34.3 Å². The molecule has 3 rings (SSSR count). The Kier molecular flexibility index (Phi) is 8.69. The first-order valence-corrected chi connectivity index (χ1v) is 11.5. The van der Waals surface area contributed by atoms with E-state index in [1.807, 2.05) is 44.2 Å². The van der Waals surface area contributed by atoms with Crippen molar-refractivity contribution in [3.8, 4) is 17.6 Å². The van der Waals surface area contributed by atoms with Crippen LogP contribution >= 0.6 is 34.2 Å². The van der Waals surface area contributed by atoms with Gasteiger partial charge < -0.3 is 9.47 Å². The van der Waals surface area contributed by atoms with Crippen LogP contribution in [0.2, 0.25) is 5.02 Å². The van der Waals surface area contributed by atoms with E-state index in [9.17, 15) is 10.1 Å². The Morgan fingerprint density at radius 1 is 1.21 bits per heavy atom. The second-order valence-corrected chi connectivity index (χ2v) is 8.57. The summed E-state index contributed by atoms with van der Waals surface area (Å²) in [6.45, 7) is 4.47. The first kappa shape index (κ1) is 24.6. The number of aryl methyl sites for hydroxylation is 1. The highest BCUT2D eigenvalue weighted by Gasteiger charge is 2.14. The topological polar surface area (TPSA) is 83.7 Å². The fourth-order valence-electron chi connectivity index (χ4n) is 3.00. The van der Waals surface area contributed by atoms with Crippen LogP contribution in [-0.4, -0.2) is 18.7 Å². The van der Waals surface area contributed by atoms with Gasteiger partial charge in [0, 0.05) is 5.56 Å². The molecule has 0 spiro atoms. The summed E-state index contributed by atoms with van der Waals surface area (Å²) in [6, 6.07) is 18.3. The van der Waals surface area contributed by atoms with Crippen LogP contribution in [0.25, 0.3) is 0 Å². The number of carbonyl (C=O) groups is 1. The Bertz CT molecular complexity index is 1240. The molecule has 6 nitrogen and oxygen atoms in total. The van der Waals surface area contributed by atoms with Crippen molar-refractivity contribution < 1.29 is 14.3 Å². The molecule has 0 bridgehead atoms. The lowest BCUT2D eigenvalue weighted by Gasteiger charge is -2.15. The van der Waals surface area contributed by atoms with Gasteiger partial charge in [-0.3, -0.25) is 4.79 Å². The van der Waals surface area contributed by atoms with Crippen molar-refractivity contribution in [3.63, 3.8) is 0 Å². The van der Waals surface area contributed by atoms with Gasteiger partial charge >= 0.3 is 0 Å². The zero-order chi connectivity index (χ0) is 23.8. The van der Waals surface area contributed by atoms with E-state index in [4.69, 9.17) is 21.1 Å². The number of nitrogens with zero attached hydrogens (tertiary/aromatic N) is 2. The third-order valence-corrected chi connectivity index (χ3v) is 5.70. The minimum atomic E-state index is -0.396. The Morgan fingerprint density at radius 3 is 2.73 bits per heavy atom. The molecule has 3 aromatic carbocycles. The van der Waals surface area contributed by atoms with Crippen molar-refractivity contribution >= 4 is 46.3 Å². The van der Waals surface area contributed by atoms with Crippen molar-refractivity contribution in [3.05, 3.63) is 91.0 Å². The SMILES string of the molecule is CCOc1cc(/C=N\NC(=O)c2ccc(C)cc2Cl)cc(I)c1OCc1ccccc1C#N. The molecule has 0 unspecified atom stereocenters. The number of hydrogen-bond donors (Lipinski definition) is 1. The highest BCUT2D eigenvalue weighted by Crippen LogP contribution is 2.34. The first-order valence-electron chi connectivity index (χ1n) is 10.1. The van der Waals surface area contributed by atoms with Crippen LogP contribution in [-0.2, 0) is 6.61 Å². The van der Waals surface area contributed by atoms with Gasteiger partial charge in [0.1, 0.15) is 6.61 Å². The Labute approximate surface area is 211 Å². The second-order valence-electron chi connectivity index (χ2n) is 7.00. The molecule has 8 heteroatoms. The summed E-state index contributed by atoms with van der Waals surface area (Å²) in [5.41, 5.74) is 5.90. The average molecular weight is 574 g/mol. The van der Waals surface area contributed by atoms with Crippen LogP contribution in [0.15, 0.2) is 59.7 Å². The molecule has 3 aromatic rings. The smallest absolute Gasteiger partial charge is 0.272 e. The lowest BCUT2D eigenvalue weighted by Crippen LogP contribution is -2.18. The van der Waals surface area contributed by atoms with Crippen molar-refractivity contribution in [2.75, 3.05) is 6.61 Å². The fraction of sp³-hybridized carbons (Fsp3) is 0.160. The van der Waals surface area contributed by atoms with Crippen LogP contribution in [0.4, 0.5) is 0 Å². The van der Waals surface area contributed by atoms with E-state index in [-0.39, 0.29) is 6.61 Å². The number of amides is 1. The lowest BCUT2D eigenvalue weighted by atomic mass is 10.1. The molecule has 33 heavy (non-hydrogen) atoms. The van der Waals surface area contributed by atoms with Crippen LogP contribution in [0.5, 0.6) is 11.5 Å². The molecule has 0 aliphatic carbocycles. The zero-order valence-electron chi connectivity index (χ0n) is 18.1. The lowest BCUT2D eigenvalue weighted by molar-refractivity contribution is 0.0955. The predicted molar refractivity (Wildman–Crippen MR) is 137 cm³/mol. The van der Waals surface area contributed by atoms with Gasteiger partial charge in [-0.25, -0.2) is 5.43 Å². The minimum absolute atomic E-state index is 0.237.